The van der Waals surface area contributed by atoms with Crippen LogP contribution in [0.3, 0.4) is 0 Å². The fraction of sp³-hybridized carbons (Fsp3) is 0.100. The minimum absolute atomic E-state index is 0.0120. The van der Waals surface area contributed by atoms with Gasteiger partial charge in [-0.1, -0.05) is 0 Å². The molecule has 0 unspecified atom stereocenters. The molecule has 2 aromatic rings. The average Bonchev–Trinajstić information content (AvgIpc) is 2.65. The molecule has 3 nitrogen and oxygen atoms in total. The molecule has 0 amide bonds. The summed E-state index contributed by atoms with van der Waals surface area (Å²) in [5.74, 6) is 0.0120. The largest absolute Gasteiger partial charge is 0.288 e. The quantitative estimate of drug-likeness (QED) is 0.703. The molecular formula is C10H8N2OS. The van der Waals surface area contributed by atoms with Crippen LogP contribution in [0.15, 0.2) is 30.6 Å². The Hall–Kier alpha value is -1.55. The van der Waals surface area contributed by atoms with Crippen molar-refractivity contribution in [1.29, 1.82) is 0 Å². The van der Waals surface area contributed by atoms with Crippen molar-refractivity contribution in [1.82, 2.24) is 9.36 Å². The van der Waals surface area contributed by atoms with Gasteiger partial charge in [-0.25, -0.2) is 0 Å². The molecule has 0 radical (unpaired) electrons. The molecule has 0 N–H and O–H groups in total. The van der Waals surface area contributed by atoms with Crippen molar-refractivity contribution in [3.8, 4) is 0 Å². The van der Waals surface area contributed by atoms with Crippen molar-refractivity contribution in [2.75, 3.05) is 0 Å². The van der Waals surface area contributed by atoms with Gasteiger partial charge >= 0.3 is 0 Å². The summed E-state index contributed by atoms with van der Waals surface area (Å²) in [6.45, 7) is 1.87. The standard InChI is InChI=1S/C10H8N2OS/c1-7-6-9(14-12-7)10(13)8-2-4-11-5-3-8/h2-6H,1H3. The van der Waals surface area contributed by atoms with Crippen LogP contribution >= 0.6 is 11.5 Å². The van der Waals surface area contributed by atoms with Crippen LogP contribution < -0.4 is 0 Å². The molecule has 0 aliphatic carbocycles. The monoisotopic (exact) mass is 204 g/mol. The van der Waals surface area contributed by atoms with Gasteiger partial charge in [0.15, 0.2) is 0 Å². The normalized spacial score (nSPS) is 10.1. The number of ketones is 1. The topological polar surface area (TPSA) is 42.9 Å². The molecule has 0 atom stereocenters. The lowest BCUT2D eigenvalue weighted by atomic mass is 10.1. The average molecular weight is 204 g/mol. The third-order valence-corrected chi connectivity index (χ3v) is 2.67. The van der Waals surface area contributed by atoms with Crippen molar-refractivity contribution >= 4 is 17.3 Å². The molecule has 0 saturated heterocycles. The summed E-state index contributed by atoms with van der Waals surface area (Å²) in [6, 6.07) is 5.21. The zero-order valence-corrected chi connectivity index (χ0v) is 8.41. The lowest BCUT2D eigenvalue weighted by molar-refractivity contribution is 0.104. The van der Waals surface area contributed by atoms with Crippen molar-refractivity contribution in [3.63, 3.8) is 0 Å². The molecule has 0 aliphatic rings. The molecule has 0 bridgehead atoms. The molecule has 2 heterocycles. The Morgan fingerprint density at radius 3 is 2.64 bits per heavy atom. The highest BCUT2D eigenvalue weighted by molar-refractivity contribution is 7.08. The molecule has 2 rings (SSSR count). The maximum Gasteiger partial charge on any atom is 0.204 e. The van der Waals surface area contributed by atoms with Crippen molar-refractivity contribution < 1.29 is 4.79 Å². The molecule has 0 aliphatic heterocycles. The number of hydrogen-bond donors (Lipinski definition) is 0. The van der Waals surface area contributed by atoms with E-state index in [1.54, 1.807) is 30.6 Å². The Kier molecular flexibility index (Phi) is 2.37. The van der Waals surface area contributed by atoms with E-state index in [1.165, 1.54) is 11.5 Å². The van der Waals surface area contributed by atoms with Gasteiger partial charge in [-0.15, -0.1) is 0 Å². The van der Waals surface area contributed by atoms with Gasteiger partial charge in [0.2, 0.25) is 5.78 Å². The number of aryl methyl sites for hydroxylation is 1. The lowest BCUT2D eigenvalue weighted by Crippen LogP contribution is -1.97. The van der Waals surface area contributed by atoms with E-state index < -0.39 is 0 Å². The van der Waals surface area contributed by atoms with Gasteiger partial charge in [0, 0.05) is 18.0 Å². The second-order valence-electron chi connectivity index (χ2n) is 2.90. The zero-order chi connectivity index (χ0) is 9.97. The van der Waals surface area contributed by atoms with Crippen LogP contribution in [0.1, 0.15) is 20.9 Å². The molecule has 4 heteroatoms. The Labute approximate surface area is 85.6 Å². The van der Waals surface area contributed by atoms with Gasteiger partial charge in [0.05, 0.1) is 10.6 Å². The summed E-state index contributed by atoms with van der Waals surface area (Å²) >= 11 is 1.23. The summed E-state index contributed by atoms with van der Waals surface area (Å²) in [7, 11) is 0. The van der Waals surface area contributed by atoms with E-state index in [2.05, 4.69) is 9.36 Å². The van der Waals surface area contributed by atoms with E-state index in [0.717, 1.165) is 5.69 Å². The highest BCUT2D eigenvalue weighted by atomic mass is 32.1. The van der Waals surface area contributed by atoms with Crippen LogP contribution in [0.25, 0.3) is 0 Å². The number of carbonyl (C=O) groups excluding carboxylic acids is 1. The number of aromatic nitrogens is 2. The van der Waals surface area contributed by atoms with E-state index in [4.69, 9.17) is 0 Å². The van der Waals surface area contributed by atoms with E-state index >= 15 is 0 Å². The van der Waals surface area contributed by atoms with Gasteiger partial charge in [0.25, 0.3) is 0 Å². The second kappa shape index (κ2) is 3.67. The Morgan fingerprint density at radius 2 is 2.07 bits per heavy atom. The fourth-order valence-electron chi connectivity index (χ4n) is 1.12. The zero-order valence-electron chi connectivity index (χ0n) is 7.60. The predicted molar refractivity (Wildman–Crippen MR) is 54.5 cm³/mol. The van der Waals surface area contributed by atoms with E-state index in [0.29, 0.717) is 10.4 Å². The van der Waals surface area contributed by atoms with Crippen molar-refractivity contribution in [2.45, 2.75) is 6.92 Å². The number of carbonyl (C=O) groups is 1. The molecular weight excluding hydrogens is 196 g/mol. The maximum atomic E-state index is 11.8. The summed E-state index contributed by atoms with van der Waals surface area (Å²) in [5, 5.41) is 0. The first-order valence-electron chi connectivity index (χ1n) is 4.15. The number of hydrogen-bond acceptors (Lipinski definition) is 4. The predicted octanol–water partition coefficient (Wildman–Crippen LogP) is 2.08. The van der Waals surface area contributed by atoms with Crippen LogP contribution in [-0.4, -0.2) is 15.1 Å². The first-order chi connectivity index (χ1) is 6.77. The first-order valence-corrected chi connectivity index (χ1v) is 4.93. The van der Waals surface area contributed by atoms with Crippen LogP contribution in [0.4, 0.5) is 0 Å². The summed E-state index contributed by atoms with van der Waals surface area (Å²) in [4.78, 5) is 16.3. The van der Waals surface area contributed by atoms with Crippen LogP contribution in [-0.2, 0) is 0 Å². The van der Waals surface area contributed by atoms with E-state index in [-0.39, 0.29) is 5.78 Å². The Balaban J connectivity index is 2.34. The smallest absolute Gasteiger partial charge is 0.204 e. The van der Waals surface area contributed by atoms with Crippen molar-refractivity contribution in [2.24, 2.45) is 0 Å². The van der Waals surface area contributed by atoms with E-state index in [9.17, 15) is 4.79 Å². The van der Waals surface area contributed by atoms with Crippen LogP contribution in [0.2, 0.25) is 0 Å². The Bertz CT molecular complexity index is 450. The highest BCUT2D eigenvalue weighted by Crippen LogP contribution is 2.14. The fourth-order valence-corrected chi connectivity index (χ4v) is 1.84. The molecule has 0 spiro atoms. The van der Waals surface area contributed by atoms with Crippen LogP contribution in [0.5, 0.6) is 0 Å². The first kappa shape index (κ1) is 9.02. The maximum absolute atomic E-state index is 11.8. The second-order valence-corrected chi connectivity index (χ2v) is 3.70. The van der Waals surface area contributed by atoms with Gasteiger partial charge in [-0.3, -0.25) is 9.78 Å². The molecule has 0 fully saturated rings. The SMILES string of the molecule is Cc1cc(C(=O)c2ccncc2)sn1. The molecule has 2 aromatic heterocycles. The summed E-state index contributed by atoms with van der Waals surface area (Å²) < 4.78 is 4.07. The highest BCUT2D eigenvalue weighted by Gasteiger charge is 2.10. The molecule has 0 aromatic carbocycles. The molecule has 70 valence electrons. The number of nitrogens with zero attached hydrogens (tertiary/aromatic N) is 2. The van der Waals surface area contributed by atoms with E-state index in [1.807, 2.05) is 6.92 Å². The number of pyridine rings is 1. The molecule has 0 saturated carbocycles. The van der Waals surface area contributed by atoms with Gasteiger partial charge in [-0.2, -0.15) is 4.37 Å². The molecule has 14 heavy (non-hydrogen) atoms. The van der Waals surface area contributed by atoms with Gasteiger partial charge in [-0.05, 0) is 36.7 Å². The third kappa shape index (κ3) is 1.70. The summed E-state index contributed by atoms with van der Waals surface area (Å²) in [6.07, 6.45) is 3.22. The Morgan fingerprint density at radius 1 is 1.36 bits per heavy atom. The van der Waals surface area contributed by atoms with Gasteiger partial charge in [0.1, 0.15) is 0 Å². The number of rotatable bonds is 2. The van der Waals surface area contributed by atoms with Crippen LogP contribution in [0, 0.1) is 6.92 Å². The minimum Gasteiger partial charge on any atom is -0.288 e. The minimum atomic E-state index is 0.0120. The van der Waals surface area contributed by atoms with Crippen molar-refractivity contribution in [3.05, 3.63) is 46.7 Å². The third-order valence-electron chi connectivity index (χ3n) is 1.79. The summed E-state index contributed by atoms with van der Waals surface area (Å²) in [5.41, 5.74) is 1.54. The van der Waals surface area contributed by atoms with Gasteiger partial charge < -0.3 is 0 Å². The lowest BCUT2D eigenvalue weighted by Gasteiger charge is -1.94.